The van der Waals surface area contributed by atoms with Crippen LogP contribution < -0.4 is 0 Å². The third-order valence-electron chi connectivity index (χ3n) is 2.87. The maximum Gasteiger partial charge on any atom is 0.0635 e. The molecule has 84 valence electrons. The molecule has 1 saturated carbocycles. The Morgan fingerprint density at radius 1 is 1.31 bits per heavy atom. The van der Waals surface area contributed by atoms with E-state index in [-0.39, 0.29) is 0 Å². The molecule has 0 radical (unpaired) electrons. The van der Waals surface area contributed by atoms with Crippen LogP contribution in [0.5, 0.6) is 0 Å². The van der Waals surface area contributed by atoms with Gasteiger partial charge in [0.1, 0.15) is 0 Å². The molecule has 0 amide bonds. The lowest BCUT2D eigenvalue weighted by Crippen LogP contribution is -2.26. The molecule has 1 fully saturated rings. The molecule has 0 unspecified atom stereocenters. The summed E-state index contributed by atoms with van der Waals surface area (Å²) in [6.07, 6.45) is 3.24. The third-order valence-corrected chi connectivity index (χ3v) is 3.59. The van der Waals surface area contributed by atoms with Crippen LogP contribution in [0.15, 0.2) is 24.3 Å². The normalized spacial score (nSPS) is 15.1. The molecular formula is C13H15IN2. The summed E-state index contributed by atoms with van der Waals surface area (Å²) in [5.74, 6) is 0. The van der Waals surface area contributed by atoms with Gasteiger partial charge in [0.25, 0.3) is 0 Å². The van der Waals surface area contributed by atoms with Crippen LogP contribution in [0.3, 0.4) is 0 Å². The number of rotatable bonds is 5. The number of halogens is 1. The number of hydrogen-bond donors (Lipinski definition) is 0. The molecule has 0 aromatic heterocycles. The average Bonchev–Trinajstić information content (AvgIpc) is 3.11. The second kappa shape index (κ2) is 5.65. The summed E-state index contributed by atoms with van der Waals surface area (Å²) >= 11 is 2.32. The lowest BCUT2D eigenvalue weighted by atomic mass is 10.2. The van der Waals surface area contributed by atoms with Crippen molar-refractivity contribution in [1.29, 1.82) is 5.26 Å². The summed E-state index contributed by atoms with van der Waals surface area (Å²) in [7, 11) is 0. The zero-order valence-electron chi connectivity index (χ0n) is 9.19. The second-order valence-corrected chi connectivity index (χ2v) is 5.48. The van der Waals surface area contributed by atoms with Gasteiger partial charge in [-0.15, -0.1) is 0 Å². The first-order chi connectivity index (χ1) is 7.79. The Morgan fingerprint density at radius 2 is 2.00 bits per heavy atom. The van der Waals surface area contributed by atoms with Gasteiger partial charge in [-0.05, 0) is 53.1 Å². The highest BCUT2D eigenvalue weighted by atomic mass is 127. The molecule has 2 nitrogen and oxygen atoms in total. The van der Waals surface area contributed by atoms with Crippen LogP contribution in [-0.4, -0.2) is 17.5 Å². The van der Waals surface area contributed by atoms with Crippen LogP contribution >= 0.6 is 22.6 Å². The van der Waals surface area contributed by atoms with E-state index < -0.39 is 0 Å². The predicted octanol–water partition coefficient (Wildman–Crippen LogP) is 3.17. The highest BCUT2D eigenvalue weighted by molar-refractivity contribution is 14.1. The predicted molar refractivity (Wildman–Crippen MR) is 72.8 cm³/mol. The van der Waals surface area contributed by atoms with E-state index >= 15 is 0 Å². The Labute approximate surface area is 110 Å². The Kier molecular flexibility index (Phi) is 4.19. The summed E-state index contributed by atoms with van der Waals surface area (Å²) in [5, 5.41) is 8.64. The molecule has 2 rings (SSSR count). The minimum Gasteiger partial charge on any atom is -0.295 e. The summed E-state index contributed by atoms with van der Waals surface area (Å²) in [6.45, 7) is 1.90. The maximum atomic E-state index is 8.64. The average molecular weight is 326 g/mol. The van der Waals surface area contributed by atoms with Gasteiger partial charge in [-0.2, -0.15) is 5.26 Å². The van der Waals surface area contributed by atoms with E-state index in [0.717, 1.165) is 19.1 Å². The van der Waals surface area contributed by atoms with Gasteiger partial charge in [-0.1, -0.05) is 12.1 Å². The van der Waals surface area contributed by atoms with E-state index in [4.69, 9.17) is 5.26 Å². The Morgan fingerprint density at radius 3 is 2.56 bits per heavy atom. The molecular weight excluding hydrogens is 311 g/mol. The van der Waals surface area contributed by atoms with E-state index in [0.29, 0.717) is 6.42 Å². The molecule has 1 aromatic rings. The number of nitriles is 1. The molecule has 1 aromatic carbocycles. The fraction of sp³-hybridized carbons (Fsp3) is 0.462. The van der Waals surface area contributed by atoms with Gasteiger partial charge in [-0.25, -0.2) is 0 Å². The highest BCUT2D eigenvalue weighted by Crippen LogP contribution is 2.28. The van der Waals surface area contributed by atoms with Crippen LogP contribution in [-0.2, 0) is 6.54 Å². The second-order valence-electron chi connectivity index (χ2n) is 4.24. The van der Waals surface area contributed by atoms with Crippen molar-refractivity contribution in [3.05, 3.63) is 33.4 Å². The zero-order valence-corrected chi connectivity index (χ0v) is 11.4. The van der Waals surface area contributed by atoms with Gasteiger partial charge in [0.05, 0.1) is 6.07 Å². The van der Waals surface area contributed by atoms with Crippen molar-refractivity contribution in [3.63, 3.8) is 0 Å². The first kappa shape index (κ1) is 11.9. The molecule has 0 heterocycles. The molecule has 0 bridgehead atoms. The Bertz CT molecular complexity index is 376. The minimum atomic E-state index is 0.640. The quantitative estimate of drug-likeness (QED) is 0.777. The van der Waals surface area contributed by atoms with E-state index in [1.807, 2.05) is 0 Å². The third kappa shape index (κ3) is 3.46. The number of hydrogen-bond acceptors (Lipinski definition) is 2. The van der Waals surface area contributed by atoms with Crippen LogP contribution in [0.2, 0.25) is 0 Å². The van der Waals surface area contributed by atoms with Crippen molar-refractivity contribution in [2.45, 2.75) is 31.8 Å². The van der Waals surface area contributed by atoms with E-state index in [9.17, 15) is 0 Å². The first-order valence-electron chi connectivity index (χ1n) is 5.65. The molecule has 1 aliphatic carbocycles. The number of benzene rings is 1. The summed E-state index contributed by atoms with van der Waals surface area (Å²) in [4.78, 5) is 2.44. The van der Waals surface area contributed by atoms with Crippen LogP contribution in [0.1, 0.15) is 24.8 Å². The Hall–Kier alpha value is -0.600. The largest absolute Gasteiger partial charge is 0.295 e. The van der Waals surface area contributed by atoms with Crippen LogP contribution in [0.4, 0.5) is 0 Å². The van der Waals surface area contributed by atoms with Crippen LogP contribution in [0.25, 0.3) is 0 Å². The van der Waals surface area contributed by atoms with Gasteiger partial charge in [-0.3, -0.25) is 4.90 Å². The fourth-order valence-corrected chi connectivity index (χ4v) is 2.21. The SMILES string of the molecule is N#CCCN(Cc1ccc(I)cc1)C1CC1. The summed E-state index contributed by atoms with van der Waals surface area (Å²) < 4.78 is 1.27. The smallest absolute Gasteiger partial charge is 0.0635 e. The summed E-state index contributed by atoms with van der Waals surface area (Å²) in [5.41, 5.74) is 1.35. The topological polar surface area (TPSA) is 27.0 Å². The van der Waals surface area contributed by atoms with Crippen molar-refractivity contribution < 1.29 is 0 Å². The Balaban J connectivity index is 1.94. The molecule has 0 spiro atoms. The van der Waals surface area contributed by atoms with Gasteiger partial charge < -0.3 is 0 Å². The minimum absolute atomic E-state index is 0.640. The molecule has 1 aliphatic rings. The maximum absolute atomic E-state index is 8.64. The van der Waals surface area contributed by atoms with Gasteiger partial charge in [0.15, 0.2) is 0 Å². The fourth-order valence-electron chi connectivity index (χ4n) is 1.85. The molecule has 0 atom stereocenters. The first-order valence-corrected chi connectivity index (χ1v) is 6.73. The summed E-state index contributed by atoms with van der Waals surface area (Å²) in [6, 6.07) is 11.6. The molecule has 0 N–H and O–H groups in total. The monoisotopic (exact) mass is 326 g/mol. The molecule has 0 saturated heterocycles. The van der Waals surface area contributed by atoms with E-state index in [2.05, 4.69) is 57.8 Å². The molecule has 3 heteroatoms. The van der Waals surface area contributed by atoms with Gasteiger partial charge in [0.2, 0.25) is 0 Å². The van der Waals surface area contributed by atoms with Gasteiger partial charge >= 0.3 is 0 Å². The van der Waals surface area contributed by atoms with Crippen LogP contribution in [0, 0.1) is 14.9 Å². The molecule has 0 aliphatic heterocycles. The lowest BCUT2D eigenvalue weighted by molar-refractivity contribution is 0.261. The highest BCUT2D eigenvalue weighted by Gasteiger charge is 2.28. The zero-order chi connectivity index (χ0) is 11.4. The van der Waals surface area contributed by atoms with Crippen molar-refractivity contribution in [2.75, 3.05) is 6.54 Å². The number of nitrogens with zero attached hydrogens (tertiary/aromatic N) is 2. The molecule has 16 heavy (non-hydrogen) atoms. The van der Waals surface area contributed by atoms with E-state index in [1.54, 1.807) is 0 Å². The van der Waals surface area contributed by atoms with Crippen molar-refractivity contribution >= 4 is 22.6 Å². The van der Waals surface area contributed by atoms with E-state index in [1.165, 1.54) is 22.0 Å². The van der Waals surface area contributed by atoms with Crippen molar-refractivity contribution in [3.8, 4) is 6.07 Å². The van der Waals surface area contributed by atoms with Gasteiger partial charge in [0, 0.05) is 29.1 Å². The standard InChI is InChI=1S/C13H15IN2/c14-12-4-2-11(3-5-12)10-16(9-1-8-15)13-6-7-13/h2-5,13H,1,6-7,9-10H2. The lowest BCUT2D eigenvalue weighted by Gasteiger charge is -2.20. The van der Waals surface area contributed by atoms with Crippen molar-refractivity contribution in [2.24, 2.45) is 0 Å². The van der Waals surface area contributed by atoms with Crippen molar-refractivity contribution in [1.82, 2.24) is 4.90 Å².